The molecule has 4 rings (SSSR count). The quantitative estimate of drug-likeness (QED) is 0.600. The fourth-order valence-electron chi connectivity index (χ4n) is 3.58. The standard InChI is InChI=1S/C18H16BrN3O2S/c1-17(2)13(8-20)22-15(24)18(19,16(22)25-17)14(23)11-7-10-5-3-4-6-12(10)21-9-11/h3-7,9,13-14,16,23H,1-2H3. The van der Waals surface area contributed by atoms with Crippen molar-refractivity contribution in [3.05, 3.63) is 42.1 Å². The molecule has 2 aliphatic heterocycles. The van der Waals surface area contributed by atoms with E-state index in [2.05, 4.69) is 27.0 Å². The number of para-hydroxylation sites is 1. The first-order valence-electron chi connectivity index (χ1n) is 7.92. The second-order valence-corrected chi connectivity index (χ2v) is 10.00. The van der Waals surface area contributed by atoms with Gasteiger partial charge in [0.1, 0.15) is 17.5 Å². The van der Waals surface area contributed by atoms with Crippen LogP contribution >= 0.6 is 27.7 Å². The zero-order chi connectivity index (χ0) is 18.0. The number of carbonyl (C=O) groups excluding carboxylic acids is 1. The second kappa shape index (κ2) is 5.44. The Kier molecular flexibility index (Phi) is 3.66. The van der Waals surface area contributed by atoms with Gasteiger partial charge in [-0.05, 0) is 26.0 Å². The molecule has 0 aliphatic carbocycles. The maximum absolute atomic E-state index is 12.8. The van der Waals surface area contributed by atoms with Crippen LogP contribution < -0.4 is 0 Å². The molecule has 2 fully saturated rings. The number of β-lactam (4-membered cyclic amide) rings is 1. The number of carbonyl (C=O) groups is 1. The minimum atomic E-state index is -1.13. The van der Waals surface area contributed by atoms with Crippen molar-refractivity contribution in [2.24, 2.45) is 0 Å². The number of rotatable bonds is 2. The summed E-state index contributed by atoms with van der Waals surface area (Å²) < 4.78 is -1.52. The molecule has 1 N–H and O–H groups in total. The van der Waals surface area contributed by atoms with Gasteiger partial charge in [0.05, 0.1) is 11.6 Å². The van der Waals surface area contributed by atoms with Crippen LogP contribution in [0.3, 0.4) is 0 Å². The molecule has 25 heavy (non-hydrogen) atoms. The number of aliphatic hydroxyl groups is 1. The van der Waals surface area contributed by atoms with E-state index >= 15 is 0 Å². The minimum Gasteiger partial charge on any atom is -0.386 e. The van der Waals surface area contributed by atoms with Gasteiger partial charge in [-0.1, -0.05) is 34.1 Å². The summed E-state index contributed by atoms with van der Waals surface area (Å²) in [5.41, 5.74) is 1.42. The Morgan fingerprint density at radius 2 is 2.16 bits per heavy atom. The van der Waals surface area contributed by atoms with Crippen molar-refractivity contribution >= 4 is 44.5 Å². The molecule has 2 aliphatic rings. The van der Waals surface area contributed by atoms with Gasteiger partial charge in [0, 0.05) is 21.9 Å². The van der Waals surface area contributed by atoms with Crippen LogP contribution in [0.2, 0.25) is 0 Å². The molecule has 7 heteroatoms. The van der Waals surface area contributed by atoms with Gasteiger partial charge in [-0.15, -0.1) is 11.8 Å². The van der Waals surface area contributed by atoms with Gasteiger partial charge in [-0.3, -0.25) is 9.78 Å². The number of nitriles is 1. The van der Waals surface area contributed by atoms with E-state index in [9.17, 15) is 15.2 Å². The second-order valence-electron chi connectivity index (χ2n) is 6.95. The summed E-state index contributed by atoms with van der Waals surface area (Å²) in [7, 11) is 0. The smallest absolute Gasteiger partial charge is 0.247 e. The molecular formula is C18H16BrN3O2S. The Bertz CT molecular complexity index is 928. The monoisotopic (exact) mass is 417 g/mol. The van der Waals surface area contributed by atoms with Crippen molar-refractivity contribution in [3.8, 4) is 6.07 Å². The fraction of sp³-hybridized carbons (Fsp3) is 0.389. The van der Waals surface area contributed by atoms with E-state index in [4.69, 9.17) is 0 Å². The molecular weight excluding hydrogens is 402 g/mol. The maximum atomic E-state index is 12.8. The van der Waals surface area contributed by atoms with E-state index in [1.54, 1.807) is 22.9 Å². The van der Waals surface area contributed by atoms with Gasteiger partial charge in [-0.2, -0.15) is 5.26 Å². The van der Waals surface area contributed by atoms with Crippen LogP contribution in [-0.4, -0.2) is 41.4 Å². The van der Waals surface area contributed by atoms with E-state index in [0.29, 0.717) is 5.56 Å². The maximum Gasteiger partial charge on any atom is 0.247 e. The largest absolute Gasteiger partial charge is 0.386 e. The number of amides is 1. The third-order valence-corrected chi connectivity index (χ3v) is 8.14. The first kappa shape index (κ1) is 16.8. The highest BCUT2D eigenvalue weighted by atomic mass is 79.9. The Morgan fingerprint density at radius 1 is 1.44 bits per heavy atom. The van der Waals surface area contributed by atoms with E-state index in [0.717, 1.165) is 10.9 Å². The van der Waals surface area contributed by atoms with E-state index in [1.165, 1.54) is 0 Å². The SMILES string of the molecule is CC1(C)SC2N(C(=O)C2(Br)C(O)c2cnc3ccccc3c2)C1C#N. The lowest BCUT2D eigenvalue weighted by Gasteiger charge is -2.51. The molecule has 4 atom stereocenters. The number of fused-ring (bicyclic) bond motifs is 2. The van der Waals surface area contributed by atoms with Crippen LogP contribution in [-0.2, 0) is 4.79 Å². The summed E-state index contributed by atoms with van der Waals surface area (Å²) in [5, 5.41) is 21.0. The van der Waals surface area contributed by atoms with Crippen molar-refractivity contribution < 1.29 is 9.90 Å². The molecule has 1 amide bonds. The lowest BCUT2D eigenvalue weighted by atomic mass is 9.85. The molecule has 2 aromatic rings. The van der Waals surface area contributed by atoms with Gasteiger partial charge < -0.3 is 10.0 Å². The Morgan fingerprint density at radius 3 is 2.88 bits per heavy atom. The number of nitrogens with zero attached hydrogens (tertiary/aromatic N) is 3. The number of aliphatic hydroxyl groups excluding tert-OH is 1. The van der Waals surface area contributed by atoms with E-state index in [-0.39, 0.29) is 16.0 Å². The summed E-state index contributed by atoms with van der Waals surface area (Å²) in [4.78, 5) is 18.8. The Labute approximate surface area is 158 Å². The zero-order valence-corrected chi connectivity index (χ0v) is 16.1. The molecule has 128 valence electrons. The van der Waals surface area contributed by atoms with Crippen LogP contribution in [0.25, 0.3) is 10.9 Å². The molecule has 4 unspecified atom stereocenters. The highest BCUT2D eigenvalue weighted by Gasteiger charge is 2.71. The lowest BCUT2D eigenvalue weighted by Crippen LogP contribution is -2.71. The molecule has 0 spiro atoms. The van der Waals surface area contributed by atoms with Crippen molar-refractivity contribution in [3.63, 3.8) is 0 Å². The molecule has 1 aromatic heterocycles. The van der Waals surface area contributed by atoms with Crippen LogP contribution in [0.1, 0.15) is 25.5 Å². The molecule has 5 nitrogen and oxygen atoms in total. The lowest BCUT2D eigenvalue weighted by molar-refractivity contribution is -0.153. The highest BCUT2D eigenvalue weighted by Crippen LogP contribution is 2.61. The molecule has 1 aromatic carbocycles. The van der Waals surface area contributed by atoms with Gasteiger partial charge in [0.15, 0.2) is 4.32 Å². The zero-order valence-electron chi connectivity index (χ0n) is 13.7. The van der Waals surface area contributed by atoms with Gasteiger partial charge in [-0.25, -0.2) is 0 Å². The first-order valence-corrected chi connectivity index (χ1v) is 9.60. The third-order valence-electron chi connectivity index (χ3n) is 4.97. The minimum absolute atomic E-state index is 0.247. The van der Waals surface area contributed by atoms with Crippen LogP contribution in [0.4, 0.5) is 0 Å². The molecule has 0 saturated carbocycles. The summed E-state index contributed by atoms with van der Waals surface area (Å²) in [6.07, 6.45) is 0.567. The molecule has 0 radical (unpaired) electrons. The summed E-state index contributed by atoms with van der Waals surface area (Å²) in [6, 6.07) is 11.2. The number of aromatic nitrogens is 1. The van der Waals surface area contributed by atoms with E-state index in [1.807, 2.05) is 44.2 Å². The third kappa shape index (κ3) is 2.17. The molecule has 2 saturated heterocycles. The van der Waals surface area contributed by atoms with Gasteiger partial charge >= 0.3 is 0 Å². The average molecular weight is 418 g/mol. The summed E-state index contributed by atoms with van der Waals surface area (Å²) in [5.74, 6) is -0.247. The number of halogens is 1. The number of thioether (sulfide) groups is 1. The highest BCUT2D eigenvalue weighted by molar-refractivity contribution is 9.10. The predicted octanol–water partition coefficient (Wildman–Crippen LogP) is 2.99. The summed E-state index contributed by atoms with van der Waals surface area (Å²) >= 11 is 5.06. The summed E-state index contributed by atoms with van der Waals surface area (Å²) in [6.45, 7) is 3.91. The van der Waals surface area contributed by atoms with E-state index < -0.39 is 16.5 Å². The number of pyridine rings is 1. The predicted molar refractivity (Wildman–Crippen MR) is 100 cm³/mol. The van der Waals surface area contributed by atoms with Gasteiger partial charge in [0.25, 0.3) is 0 Å². The number of hydrogen-bond donors (Lipinski definition) is 1. The average Bonchev–Trinajstić information content (AvgIpc) is 2.88. The first-order chi connectivity index (χ1) is 11.8. The topological polar surface area (TPSA) is 77.2 Å². The van der Waals surface area contributed by atoms with Crippen molar-refractivity contribution in [2.45, 2.75) is 40.4 Å². The van der Waals surface area contributed by atoms with Gasteiger partial charge in [0.2, 0.25) is 5.91 Å². The van der Waals surface area contributed by atoms with Crippen molar-refractivity contribution in [1.29, 1.82) is 5.26 Å². The Balaban J connectivity index is 1.71. The Hall–Kier alpha value is -1.62. The fourth-order valence-corrected chi connectivity index (χ4v) is 6.15. The van der Waals surface area contributed by atoms with Crippen molar-refractivity contribution in [1.82, 2.24) is 9.88 Å². The number of alkyl halides is 1. The number of hydrogen-bond acceptors (Lipinski definition) is 5. The van der Waals surface area contributed by atoms with Crippen LogP contribution in [0.15, 0.2) is 36.5 Å². The molecule has 3 heterocycles. The van der Waals surface area contributed by atoms with Crippen molar-refractivity contribution in [2.75, 3.05) is 0 Å². The molecule has 0 bridgehead atoms. The van der Waals surface area contributed by atoms with Crippen LogP contribution in [0, 0.1) is 11.3 Å². The normalized spacial score (nSPS) is 31.3. The van der Waals surface area contributed by atoms with Crippen LogP contribution in [0.5, 0.6) is 0 Å². The number of benzene rings is 1.